The molecule has 7 nitrogen and oxygen atoms in total. The van der Waals surface area contributed by atoms with Gasteiger partial charge in [0, 0.05) is 34.8 Å². The topological polar surface area (TPSA) is 91.9 Å². The molecule has 0 bridgehead atoms. The van der Waals surface area contributed by atoms with Gasteiger partial charge in [0.05, 0.1) is 25.8 Å². The number of para-hydroxylation sites is 1. The molecule has 5 rings (SSSR count). The van der Waals surface area contributed by atoms with Crippen LogP contribution in [0.25, 0.3) is 16.7 Å². The van der Waals surface area contributed by atoms with Crippen LogP contribution in [0.2, 0.25) is 0 Å². The van der Waals surface area contributed by atoms with Crippen molar-refractivity contribution < 1.29 is 24.2 Å². The summed E-state index contributed by atoms with van der Waals surface area (Å²) < 4.78 is 11.1. The van der Waals surface area contributed by atoms with Crippen LogP contribution in [0.3, 0.4) is 0 Å². The zero-order valence-electron chi connectivity index (χ0n) is 20.9. The zero-order chi connectivity index (χ0) is 26.1. The third kappa shape index (κ3) is 4.33. The number of Topliss-reactive ketones (excluding diaryl/α,β-unsaturated/α-hetero) is 1. The van der Waals surface area contributed by atoms with Crippen molar-refractivity contribution >= 4 is 28.4 Å². The summed E-state index contributed by atoms with van der Waals surface area (Å²) in [4.78, 5) is 31.6. The molecule has 1 aromatic heterocycles. The molecule has 1 aliphatic rings. The second kappa shape index (κ2) is 9.85. The highest BCUT2D eigenvalue weighted by Gasteiger charge is 2.47. The van der Waals surface area contributed by atoms with Crippen molar-refractivity contribution in [3.05, 3.63) is 101 Å². The van der Waals surface area contributed by atoms with Gasteiger partial charge >= 0.3 is 0 Å². The van der Waals surface area contributed by atoms with E-state index in [0.29, 0.717) is 29.0 Å². The number of aryl methyl sites for hydroxylation is 1. The van der Waals surface area contributed by atoms with E-state index in [1.807, 2.05) is 49.5 Å². The Morgan fingerprint density at radius 3 is 2.49 bits per heavy atom. The number of likely N-dealkylation sites (tertiary alicyclic amines) is 1. The van der Waals surface area contributed by atoms with E-state index < -0.39 is 17.7 Å². The number of amides is 1. The average molecular weight is 497 g/mol. The quantitative estimate of drug-likeness (QED) is 0.210. The fraction of sp³-hybridized carbons (Fsp3) is 0.200. The molecule has 2 heterocycles. The Bertz CT molecular complexity index is 1520. The van der Waals surface area contributed by atoms with Crippen molar-refractivity contribution in [2.75, 3.05) is 20.8 Å². The molecular weight excluding hydrogens is 468 g/mol. The van der Waals surface area contributed by atoms with Crippen molar-refractivity contribution in [3.63, 3.8) is 0 Å². The van der Waals surface area contributed by atoms with Gasteiger partial charge in [-0.05, 0) is 43.2 Å². The summed E-state index contributed by atoms with van der Waals surface area (Å²) in [5, 5.41) is 12.4. The van der Waals surface area contributed by atoms with E-state index in [9.17, 15) is 14.7 Å². The molecule has 7 heteroatoms. The molecule has 0 spiro atoms. The number of aromatic amines is 1. The number of hydrogen-bond acceptors (Lipinski definition) is 5. The van der Waals surface area contributed by atoms with Gasteiger partial charge in [-0.25, -0.2) is 0 Å². The molecule has 1 unspecified atom stereocenters. The van der Waals surface area contributed by atoms with Crippen LogP contribution in [0, 0.1) is 6.92 Å². The molecule has 3 aromatic carbocycles. The van der Waals surface area contributed by atoms with E-state index in [2.05, 4.69) is 4.98 Å². The van der Waals surface area contributed by atoms with E-state index in [-0.39, 0.29) is 17.9 Å². The lowest BCUT2D eigenvalue weighted by Gasteiger charge is -2.27. The minimum absolute atomic E-state index is 0.0272. The first-order valence-corrected chi connectivity index (χ1v) is 12.0. The fourth-order valence-electron chi connectivity index (χ4n) is 4.93. The predicted molar refractivity (Wildman–Crippen MR) is 142 cm³/mol. The van der Waals surface area contributed by atoms with Gasteiger partial charge in [0.2, 0.25) is 0 Å². The molecule has 0 aliphatic carbocycles. The second-order valence-electron chi connectivity index (χ2n) is 9.08. The first-order valence-electron chi connectivity index (χ1n) is 12.0. The van der Waals surface area contributed by atoms with Crippen molar-refractivity contribution in [1.82, 2.24) is 9.88 Å². The first kappa shape index (κ1) is 24.2. The number of ketones is 1. The van der Waals surface area contributed by atoms with Crippen molar-refractivity contribution in [2.45, 2.75) is 19.4 Å². The normalized spacial score (nSPS) is 16.9. The van der Waals surface area contributed by atoms with Gasteiger partial charge in [-0.15, -0.1) is 0 Å². The number of hydrogen-bond donors (Lipinski definition) is 2. The molecule has 37 heavy (non-hydrogen) atoms. The molecule has 1 aliphatic heterocycles. The Hall–Kier alpha value is -4.52. The largest absolute Gasteiger partial charge is 0.507 e. The van der Waals surface area contributed by atoms with E-state index in [1.165, 1.54) is 12.0 Å². The van der Waals surface area contributed by atoms with Crippen LogP contribution in [0.15, 0.2) is 78.5 Å². The SMILES string of the molecule is COc1ccc(OC)c(C2/C(=C(\O)c3ccc(C)cc3)C(=O)C(=O)N2CCc2c[nH]c3ccccc23)c1. The number of carbonyl (C=O) groups excluding carboxylic acids is 2. The Balaban J connectivity index is 1.63. The third-order valence-electron chi connectivity index (χ3n) is 6.89. The standard InChI is InChI=1S/C30H28N2O5/c1-18-8-10-19(11-9-18)28(33)26-27(23-16-21(36-2)12-13-25(23)37-3)32(30(35)29(26)34)15-14-20-17-31-24-7-5-4-6-22(20)24/h4-13,16-17,27,31,33H,14-15H2,1-3H3/b28-26+. The first-order chi connectivity index (χ1) is 17.9. The molecule has 4 aromatic rings. The van der Waals surface area contributed by atoms with Crippen LogP contribution in [-0.2, 0) is 16.0 Å². The van der Waals surface area contributed by atoms with Gasteiger partial charge in [-0.3, -0.25) is 9.59 Å². The molecule has 1 atom stereocenters. The molecule has 188 valence electrons. The maximum atomic E-state index is 13.4. The van der Waals surface area contributed by atoms with Crippen LogP contribution in [0.4, 0.5) is 0 Å². The maximum absolute atomic E-state index is 13.4. The predicted octanol–water partition coefficient (Wildman–Crippen LogP) is 5.16. The molecule has 0 radical (unpaired) electrons. The number of fused-ring (bicyclic) bond motifs is 1. The lowest BCUT2D eigenvalue weighted by molar-refractivity contribution is -0.139. The Morgan fingerprint density at radius 1 is 1.00 bits per heavy atom. The monoisotopic (exact) mass is 496 g/mol. The smallest absolute Gasteiger partial charge is 0.295 e. The third-order valence-corrected chi connectivity index (χ3v) is 6.89. The number of benzene rings is 3. The van der Waals surface area contributed by atoms with Crippen molar-refractivity contribution in [2.24, 2.45) is 0 Å². The van der Waals surface area contributed by atoms with Gasteiger partial charge in [-0.1, -0.05) is 48.0 Å². The summed E-state index contributed by atoms with van der Waals surface area (Å²) >= 11 is 0. The number of nitrogens with one attached hydrogen (secondary N) is 1. The minimum atomic E-state index is -0.850. The highest BCUT2D eigenvalue weighted by atomic mass is 16.5. The minimum Gasteiger partial charge on any atom is -0.507 e. The number of ether oxygens (including phenoxy) is 2. The van der Waals surface area contributed by atoms with Crippen LogP contribution in [0.1, 0.15) is 28.3 Å². The second-order valence-corrected chi connectivity index (χ2v) is 9.08. The lowest BCUT2D eigenvalue weighted by Crippen LogP contribution is -2.31. The number of methoxy groups -OCH3 is 2. The van der Waals surface area contributed by atoms with Gasteiger partial charge in [-0.2, -0.15) is 0 Å². The molecular formula is C30H28N2O5. The van der Waals surface area contributed by atoms with Gasteiger partial charge in [0.25, 0.3) is 11.7 Å². The Kier molecular flexibility index (Phi) is 6.44. The number of H-pyrrole nitrogens is 1. The van der Waals surface area contributed by atoms with Crippen LogP contribution in [0.5, 0.6) is 11.5 Å². The Morgan fingerprint density at radius 2 is 1.76 bits per heavy atom. The van der Waals surface area contributed by atoms with E-state index in [4.69, 9.17) is 9.47 Å². The Labute approximate surface area is 214 Å². The number of nitrogens with zero attached hydrogens (tertiary/aromatic N) is 1. The molecule has 0 saturated carbocycles. The highest BCUT2D eigenvalue weighted by molar-refractivity contribution is 6.46. The number of carbonyl (C=O) groups is 2. The summed E-state index contributed by atoms with van der Waals surface area (Å²) in [5.74, 6) is -0.578. The van der Waals surface area contributed by atoms with Gasteiger partial charge in [0.1, 0.15) is 17.3 Å². The number of aliphatic hydroxyl groups is 1. The van der Waals surface area contributed by atoms with Gasteiger partial charge < -0.3 is 24.5 Å². The summed E-state index contributed by atoms with van der Waals surface area (Å²) in [6.07, 6.45) is 2.44. The summed E-state index contributed by atoms with van der Waals surface area (Å²) in [6.45, 7) is 2.21. The van der Waals surface area contributed by atoms with Crippen LogP contribution in [-0.4, -0.2) is 47.4 Å². The summed E-state index contributed by atoms with van der Waals surface area (Å²) in [5.41, 5.74) is 4.11. The zero-order valence-corrected chi connectivity index (χ0v) is 20.9. The fourth-order valence-corrected chi connectivity index (χ4v) is 4.93. The van der Waals surface area contributed by atoms with E-state index in [0.717, 1.165) is 22.0 Å². The van der Waals surface area contributed by atoms with Crippen LogP contribution < -0.4 is 9.47 Å². The average Bonchev–Trinajstić information content (AvgIpc) is 3.45. The number of aliphatic hydroxyl groups excluding tert-OH is 1. The van der Waals surface area contributed by atoms with E-state index in [1.54, 1.807) is 37.4 Å². The van der Waals surface area contributed by atoms with Crippen LogP contribution >= 0.6 is 0 Å². The lowest BCUT2D eigenvalue weighted by atomic mass is 9.94. The molecule has 1 fully saturated rings. The van der Waals surface area contributed by atoms with E-state index >= 15 is 0 Å². The summed E-state index contributed by atoms with van der Waals surface area (Å²) in [6, 6.07) is 19.5. The maximum Gasteiger partial charge on any atom is 0.295 e. The number of aromatic nitrogens is 1. The molecule has 1 saturated heterocycles. The van der Waals surface area contributed by atoms with Gasteiger partial charge in [0.15, 0.2) is 0 Å². The number of rotatable bonds is 7. The molecule has 2 N–H and O–H groups in total. The molecule has 1 amide bonds. The van der Waals surface area contributed by atoms with Crippen molar-refractivity contribution in [1.29, 1.82) is 0 Å². The highest BCUT2D eigenvalue weighted by Crippen LogP contribution is 2.44. The van der Waals surface area contributed by atoms with Crippen molar-refractivity contribution in [3.8, 4) is 11.5 Å². The summed E-state index contributed by atoms with van der Waals surface area (Å²) in [7, 11) is 3.08.